The van der Waals surface area contributed by atoms with E-state index in [1.54, 1.807) is 97.1 Å². The molecule has 12 aromatic carbocycles. The van der Waals surface area contributed by atoms with Gasteiger partial charge in [-0.1, -0.05) is 116 Å². The number of benzene rings is 12. The van der Waals surface area contributed by atoms with Gasteiger partial charge in [-0.3, -0.25) is 0 Å². The monoisotopic (exact) mass is 1770 g/mol. The summed E-state index contributed by atoms with van der Waals surface area (Å²) in [5, 5.41) is 3.14. The maximum absolute atomic E-state index is 14.9. The number of nitrogens with zero attached hydrogens (tertiary/aromatic N) is 2. The first kappa shape index (κ1) is 84.3. The Balaban J connectivity index is 0.00000563. The fourth-order valence-electron chi connectivity index (χ4n) is 18.5. The molecule has 0 aliphatic carbocycles. The summed E-state index contributed by atoms with van der Waals surface area (Å²) in [6, 6.07) is 37.1. The summed E-state index contributed by atoms with van der Waals surface area (Å²) in [6.07, 6.45) is -38.9. The number of piperidine rings is 2. The van der Waals surface area contributed by atoms with Gasteiger partial charge in [0.25, 0.3) is 0 Å². The predicted molar refractivity (Wildman–Crippen MR) is 390 cm³/mol. The molecule has 0 aromatic heterocycles. The van der Waals surface area contributed by atoms with Gasteiger partial charge in [0.2, 0.25) is 0 Å². The van der Waals surface area contributed by atoms with Gasteiger partial charge in [-0.25, -0.2) is 0 Å². The molecule has 4 heterocycles. The van der Waals surface area contributed by atoms with E-state index < -0.39 is 116 Å². The minimum Gasteiger partial charge on any atom is -1.00 e. The quantitative estimate of drug-likeness (QED) is 0.105. The third-order valence-corrected chi connectivity index (χ3v) is 24.0. The van der Waals surface area contributed by atoms with Crippen molar-refractivity contribution in [2.45, 2.75) is 121 Å². The standard InChI is InChI=1S/C89H64F24N2.2BrH/c90-82(91,92)58-28-54(29-59(40-58)83(93,94)95)70-36-50-12-1-5-16-66(50)78-74(70)44-114(45-75-71(37-51-13-2-6-17-67(51)79(75)78)55-30-60(84(96,97)98)41-61(31-55)85(99,100)101)24-20-48(21-25-114)10-9-11-49-22-26-115(27-23-49)46-76-72(56-32-62(86(102,103)104)42-63(33-56)87(105,106)107)38-52-14-3-7-18-68(52)80(76)81-69-19-8-4-15-53(69)39-73(77(81)47-115)57-34-64(88(108,109)110)43-65(35-57)89(111,112)113;;/h1-8,12-19,28-43,48-49H,9-11,20-27,44-47H2;2*1H/q+2;;/p-2. The first-order chi connectivity index (χ1) is 53.9. The number of halogens is 26. The van der Waals surface area contributed by atoms with E-state index in [1.807, 2.05) is 0 Å². The highest BCUT2D eigenvalue weighted by molar-refractivity contribution is 6.14. The van der Waals surface area contributed by atoms with E-state index in [4.69, 9.17) is 0 Å². The van der Waals surface area contributed by atoms with Gasteiger partial charge in [0.1, 0.15) is 26.2 Å². The van der Waals surface area contributed by atoms with Crippen molar-refractivity contribution >= 4 is 43.1 Å². The predicted octanol–water partition coefficient (Wildman–Crippen LogP) is 22.8. The summed E-state index contributed by atoms with van der Waals surface area (Å²) in [4.78, 5) is 0. The van der Waals surface area contributed by atoms with Crippen LogP contribution in [0, 0.1) is 11.8 Å². The second-order valence-corrected chi connectivity index (χ2v) is 31.2. The third-order valence-electron chi connectivity index (χ3n) is 24.0. The van der Waals surface area contributed by atoms with E-state index >= 15 is 0 Å². The Morgan fingerprint density at radius 2 is 0.419 bits per heavy atom. The van der Waals surface area contributed by atoms with Crippen molar-refractivity contribution in [1.29, 1.82) is 0 Å². The van der Waals surface area contributed by atoms with Crippen LogP contribution in [0.1, 0.15) is 112 Å². The zero-order valence-corrected chi connectivity index (χ0v) is 64.1. The molecule has 2 fully saturated rings. The third kappa shape index (κ3) is 16.3. The summed E-state index contributed by atoms with van der Waals surface area (Å²) in [7, 11) is 0. The van der Waals surface area contributed by atoms with Crippen molar-refractivity contribution in [2.75, 3.05) is 26.2 Å². The van der Waals surface area contributed by atoms with E-state index in [0.29, 0.717) is 159 Å². The van der Waals surface area contributed by atoms with Crippen molar-refractivity contribution in [3.8, 4) is 66.8 Å². The zero-order valence-electron chi connectivity index (χ0n) is 61.0. The minimum atomic E-state index is -5.29. The lowest BCUT2D eigenvalue weighted by molar-refractivity contribution is -0.958. The molecule has 0 N–H and O–H groups in total. The second-order valence-electron chi connectivity index (χ2n) is 31.2. The highest BCUT2D eigenvalue weighted by Crippen LogP contribution is 2.57. The minimum absolute atomic E-state index is 0. The van der Waals surface area contributed by atoms with Gasteiger partial charge in [-0.05, 0) is 222 Å². The molecular weight excluding hydrogens is 1710 g/mol. The number of fused-ring (bicyclic) bond motifs is 14. The number of hydrogen-bond acceptors (Lipinski definition) is 0. The smallest absolute Gasteiger partial charge is 0.416 e. The van der Waals surface area contributed by atoms with Crippen LogP contribution in [0.25, 0.3) is 110 Å². The zero-order chi connectivity index (χ0) is 81.9. The van der Waals surface area contributed by atoms with Crippen LogP contribution in [0.2, 0.25) is 0 Å². The molecule has 2 nitrogen and oxygen atoms in total. The van der Waals surface area contributed by atoms with E-state index in [1.165, 1.54) is 24.3 Å². The van der Waals surface area contributed by atoms with Gasteiger partial charge in [0, 0.05) is 44.5 Å². The lowest BCUT2D eigenvalue weighted by atomic mass is 9.81. The van der Waals surface area contributed by atoms with Crippen LogP contribution in [-0.2, 0) is 75.6 Å². The van der Waals surface area contributed by atoms with Crippen molar-refractivity contribution in [1.82, 2.24) is 0 Å². The second kappa shape index (κ2) is 30.0. The topological polar surface area (TPSA) is 0 Å². The van der Waals surface area contributed by atoms with Crippen LogP contribution in [-0.4, -0.2) is 35.1 Å². The van der Waals surface area contributed by atoms with Gasteiger partial charge < -0.3 is 42.9 Å². The van der Waals surface area contributed by atoms with Crippen LogP contribution in [0.5, 0.6) is 0 Å². The Bertz CT molecular complexity index is 5060. The molecule has 28 heteroatoms. The summed E-state index contributed by atoms with van der Waals surface area (Å²) in [5.74, 6) is -0.142. The number of hydrogen-bond donors (Lipinski definition) is 0. The first-order valence-corrected chi connectivity index (χ1v) is 37.0. The molecule has 0 saturated carbocycles. The van der Waals surface area contributed by atoms with Crippen LogP contribution >= 0.6 is 0 Å². The highest BCUT2D eigenvalue weighted by Gasteiger charge is 2.48. The molecule has 0 unspecified atom stereocenters. The lowest BCUT2D eigenvalue weighted by Gasteiger charge is -2.45. The molecule has 117 heavy (non-hydrogen) atoms. The van der Waals surface area contributed by atoms with Crippen LogP contribution < -0.4 is 34.0 Å². The average molecular weight is 1780 g/mol. The molecular formula is C89H64Br2F24N2. The average Bonchev–Trinajstić information content (AvgIpc) is 1.63. The summed E-state index contributed by atoms with van der Waals surface area (Å²) in [6.45, 7) is 0.611. The van der Waals surface area contributed by atoms with Crippen molar-refractivity contribution in [3.63, 3.8) is 0 Å². The molecule has 0 atom stereocenters. The van der Waals surface area contributed by atoms with E-state index in [0.717, 1.165) is 0 Å². The Kier molecular flexibility index (Phi) is 21.6. The molecule has 2 saturated heterocycles. The summed E-state index contributed by atoms with van der Waals surface area (Å²) in [5.41, 5.74) is -12.4. The van der Waals surface area contributed by atoms with Gasteiger partial charge in [-0.2, -0.15) is 105 Å². The van der Waals surface area contributed by atoms with E-state index in [2.05, 4.69) is 0 Å². The van der Waals surface area contributed by atoms with Gasteiger partial charge in [0.05, 0.1) is 70.7 Å². The molecule has 2 spiro atoms. The molecule has 4 aliphatic heterocycles. The molecule has 0 radical (unpaired) electrons. The summed E-state index contributed by atoms with van der Waals surface area (Å²) < 4.78 is 358. The number of rotatable bonds is 8. The van der Waals surface area contributed by atoms with Crippen LogP contribution in [0.3, 0.4) is 0 Å². The number of quaternary nitrogens is 2. The largest absolute Gasteiger partial charge is 1.00 e. The van der Waals surface area contributed by atoms with Crippen molar-refractivity contribution in [3.05, 3.63) is 261 Å². The SMILES string of the molecule is FC(F)(F)c1cc(-c2cc3ccccc3c3c2C[N+]2(CCC(CCCC4CC[N+]5(CC4)Cc4c(-c6cc(C(F)(F)F)cc(C(F)(F)F)c6)cc6ccccc6c4-c4c(c(-c6cc(C(F)(F)F)cc(C(F)(F)F)c6)cc6ccccc46)C5)CC2)Cc2c(-c4cc(C(F)(F)F)cc(C(F)(F)F)c4)cc4ccccc4c2-3)cc(C(F)(F)F)c1.[Br-].[Br-]. The van der Waals surface area contributed by atoms with Crippen molar-refractivity contribution < 1.29 is 148 Å². The van der Waals surface area contributed by atoms with E-state index in [9.17, 15) is 105 Å². The molecule has 0 bridgehead atoms. The first-order valence-electron chi connectivity index (χ1n) is 37.0. The van der Waals surface area contributed by atoms with Gasteiger partial charge >= 0.3 is 49.4 Å². The Hall–Kier alpha value is -9.12. The fraction of sp³-hybridized carbons (Fsp3) is 0.281. The summed E-state index contributed by atoms with van der Waals surface area (Å²) >= 11 is 0. The molecule has 12 aromatic rings. The van der Waals surface area contributed by atoms with E-state index in [-0.39, 0.29) is 176 Å². The molecule has 4 aliphatic rings. The van der Waals surface area contributed by atoms with Crippen LogP contribution in [0.15, 0.2) is 194 Å². The lowest BCUT2D eigenvalue weighted by Crippen LogP contribution is -3.00. The Labute approximate surface area is 674 Å². The molecule has 612 valence electrons. The number of alkyl halides is 24. The maximum Gasteiger partial charge on any atom is 0.416 e. The molecule has 0 amide bonds. The molecule has 16 rings (SSSR count). The maximum atomic E-state index is 14.9. The Morgan fingerprint density at radius 3 is 0.598 bits per heavy atom. The highest BCUT2D eigenvalue weighted by atomic mass is 79.9. The normalized spacial score (nSPS) is 16.8. The van der Waals surface area contributed by atoms with Crippen molar-refractivity contribution in [2.24, 2.45) is 11.8 Å². The Morgan fingerprint density at radius 1 is 0.239 bits per heavy atom. The van der Waals surface area contributed by atoms with Gasteiger partial charge in [0.15, 0.2) is 0 Å². The van der Waals surface area contributed by atoms with Gasteiger partial charge in [-0.15, -0.1) is 0 Å². The fourth-order valence-corrected chi connectivity index (χ4v) is 18.5. The van der Waals surface area contributed by atoms with Crippen LogP contribution in [0.4, 0.5) is 105 Å².